The van der Waals surface area contributed by atoms with Crippen molar-refractivity contribution >= 4 is 15.7 Å². The third kappa shape index (κ3) is 5.44. The third-order valence-electron chi connectivity index (χ3n) is 2.66. The molecule has 3 N–H and O–H groups in total. The van der Waals surface area contributed by atoms with Gasteiger partial charge in [-0.3, -0.25) is 0 Å². The molecule has 0 atom stereocenters. The van der Waals surface area contributed by atoms with Gasteiger partial charge in [0, 0.05) is 13.2 Å². The van der Waals surface area contributed by atoms with Gasteiger partial charge in [-0.1, -0.05) is 13.8 Å². The molecule has 0 aliphatic heterocycles. The number of nitrogen functional groups attached to an aromatic ring is 1. The van der Waals surface area contributed by atoms with E-state index in [0.29, 0.717) is 12.5 Å². The van der Waals surface area contributed by atoms with Gasteiger partial charge < -0.3 is 10.5 Å². The summed E-state index contributed by atoms with van der Waals surface area (Å²) in [7, 11) is -3.73. The van der Waals surface area contributed by atoms with Crippen molar-refractivity contribution in [3.8, 4) is 0 Å². The Morgan fingerprint density at radius 3 is 2.65 bits per heavy atom. The second-order valence-electron chi connectivity index (χ2n) is 4.88. The van der Waals surface area contributed by atoms with Gasteiger partial charge in [-0.25, -0.2) is 17.5 Å². The molecule has 0 spiro atoms. The second-order valence-corrected chi connectivity index (χ2v) is 6.64. The van der Waals surface area contributed by atoms with Crippen molar-refractivity contribution in [2.24, 2.45) is 5.92 Å². The van der Waals surface area contributed by atoms with Crippen LogP contribution in [0, 0.1) is 11.7 Å². The van der Waals surface area contributed by atoms with Crippen LogP contribution in [0.1, 0.15) is 20.3 Å². The Kier molecular flexibility index (Phi) is 6.38. The largest absolute Gasteiger partial charge is 0.396 e. The molecule has 1 aromatic carbocycles. The lowest BCUT2D eigenvalue weighted by Crippen LogP contribution is -2.27. The number of hydrogen-bond donors (Lipinski definition) is 2. The first-order valence-corrected chi connectivity index (χ1v) is 7.93. The number of rotatable bonds is 8. The van der Waals surface area contributed by atoms with E-state index in [1.165, 1.54) is 12.1 Å². The Morgan fingerprint density at radius 2 is 2.05 bits per heavy atom. The van der Waals surface area contributed by atoms with Gasteiger partial charge in [0.2, 0.25) is 10.0 Å². The van der Waals surface area contributed by atoms with E-state index >= 15 is 0 Å². The summed E-state index contributed by atoms with van der Waals surface area (Å²) in [6.45, 7) is 5.19. The summed E-state index contributed by atoms with van der Waals surface area (Å²) in [5.74, 6) is -0.203. The number of nitrogens with one attached hydrogen (secondary N) is 1. The van der Waals surface area contributed by atoms with Crippen molar-refractivity contribution in [1.29, 1.82) is 0 Å². The maximum atomic E-state index is 13.2. The van der Waals surface area contributed by atoms with Gasteiger partial charge in [0.25, 0.3) is 0 Å². The van der Waals surface area contributed by atoms with Crippen molar-refractivity contribution in [1.82, 2.24) is 4.72 Å². The fourth-order valence-electron chi connectivity index (χ4n) is 1.43. The molecule has 5 nitrogen and oxygen atoms in total. The number of ether oxygens (including phenoxy) is 1. The molecule has 0 saturated heterocycles. The average Bonchev–Trinajstić information content (AvgIpc) is 2.36. The van der Waals surface area contributed by atoms with Crippen molar-refractivity contribution in [3.05, 3.63) is 24.0 Å². The molecule has 0 aromatic heterocycles. The number of halogens is 1. The van der Waals surface area contributed by atoms with Crippen molar-refractivity contribution < 1.29 is 17.5 Å². The Balaban J connectivity index is 2.43. The summed E-state index contributed by atoms with van der Waals surface area (Å²) in [5.41, 5.74) is 5.22. The third-order valence-corrected chi connectivity index (χ3v) is 4.12. The number of benzene rings is 1. The molecular weight excluding hydrogens is 283 g/mol. The summed E-state index contributed by atoms with van der Waals surface area (Å²) < 4.78 is 44.6. The molecule has 0 fully saturated rings. The minimum Gasteiger partial charge on any atom is -0.396 e. The summed E-state index contributed by atoms with van der Waals surface area (Å²) >= 11 is 0. The van der Waals surface area contributed by atoms with Crippen LogP contribution in [0.2, 0.25) is 0 Å². The Hall–Kier alpha value is -1.18. The lowest BCUT2D eigenvalue weighted by molar-refractivity contribution is 0.128. The summed E-state index contributed by atoms with van der Waals surface area (Å²) in [6.07, 6.45) is 0.927. The van der Waals surface area contributed by atoms with E-state index in [1.807, 2.05) is 0 Å². The summed E-state index contributed by atoms with van der Waals surface area (Å²) in [6, 6.07) is 3.39. The van der Waals surface area contributed by atoms with E-state index in [9.17, 15) is 12.8 Å². The topological polar surface area (TPSA) is 81.4 Å². The molecule has 114 valence electrons. The first kappa shape index (κ1) is 16.9. The number of sulfonamides is 1. The van der Waals surface area contributed by atoms with Gasteiger partial charge in [0.15, 0.2) is 0 Å². The zero-order chi connectivity index (χ0) is 15.2. The van der Waals surface area contributed by atoms with Gasteiger partial charge >= 0.3 is 0 Å². The lowest BCUT2D eigenvalue weighted by Gasteiger charge is -2.09. The highest BCUT2D eigenvalue weighted by atomic mass is 32.2. The zero-order valence-corrected chi connectivity index (χ0v) is 12.5. The van der Waals surface area contributed by atoms with Crippen LogP contribution < -0.4 is 10.5 Å². The van der Waals surface area contributed by atoms with Crippen LogP contribution in [-0.2, 0) is 14.8 Å². The normalized spacial score (nSPS) is 12.0. The average molecular weight is 304 g/mol. The monoisotopic (exact) mass is 304 g/mol. The molecule has 0 unspecified atom stereocenters. The van der Waals surface area contributed by atoms with E-state index in [4.69, 9.17) is 10.5 Å². The number of nitrogens with two attached hydrogens (primary N) is 1. The second kappa shape index (κ2) is 7.56. The molecule has 0 radical (unpaired) electrons. The van der Waals surface area contributed by atoms with Crippen LogP contribution in [-0.4, -0.2) is 28.2 Å². The van der Waals surface area contributed by atoms with E-state index in [2.05, 4.69) is 18.6 Å². The molecule has 0 heterocycles. The molecule has 0 aliphatic carbocycles. The molecule has 20 heavy (non-hydrogen) atoms. The molecule has 0 aliphatic rings. The highest BCUT2D eigenvalue weighted by molar-refractivity contribution is 7.89. The van der Waals surface area contributed by atoms with Crippen LogP contribution >= 0.6 is 0 Å². The van der Waals surface area contributed by atoms with Gasteiger partial charge in [-0.2, -0.15) is 0 Å². The Bertz CT molecular complexity index is 532. The summed E-state index contributed by atoms with van der Waals surface area (Å²) in [4.78, 5) is -0.147. The van der Waals surface area contributed by atoms with Gasteiger partial charge in [-0.05, 0) is 30.5 Å². The standard InChI is InChI=1S/C13H21FN2O3S/c1-10(2)5-7-19-8-6-16-20(17,18)11-3-4-13(15)12(14)9-11/h3-4,9-10,16H,5-8,15H2,1-2H3. The smallest absolute Gasteiger partial charge is 0.240 e. The van der Waals surface area contributed by atoms with Crippen molar-refractivity contribution in [2.75, 3.05) is 25.5 Å². The highest BCUT2D eigenvalue weighted by Crippen LogP contribution is 2.15. The molecular formula is C13H21FN2O3S. The van der Waals surface area contributed by atoms with Crippen LogP contribution in [0.3, 0.4) is 0 Å². The van der Waals surface area contributed by atoms with Crippen molar-refractivity contribution in [3.63, 3.8) is 0 Å². The SMILES string of the molecule is CC(C)CCOCCNS(=O)(=O)c1ccc(N)c(F)c1. The fraction of sp³-hybridized carbons (Fsp3) is 0.538. The molecule has 0 bridgehead atoms. The van der Waals surface area contributed by atoms with E-state index in [1.54, 1.807) is 0 Å². The number of hydrogen-bond acceptors (Lipinski definition) is 4. The number of anilines is 1. The van der Waals surface area contributed by atoms with Crippen LogP contribution in [0.5, 0.6) is 0 Å². The predicted molar refractivity (Wildman–Crippen MR) is 76.3 cm³/mol. The maximum Gasteiger partial charge on any atom is 0.240 e. The van der Waals surface area contributed by atoms with E-state index in [0.717, 1.165) is 12.5 Å². The van der Waals surface area contributed by atoms with E-state index in [-0.39, 0.29) is 23.7 Å². The fourth-order valence-corrected chi connectivity index (χ4v) is 2.45. The predicted octanol–water partition coefficient (Wildman–Crippen LogP) is 1.75. The molecule has 1 rings (SSSR count). The van der Waals surface area contributed by atoms with Crippen LogP contribution in [0.4, 0.5) is 10.1 Å². The molecule has 0 saturated carbocycles. The Morgan fingerprint density at radius 1 is 1.35 bits per heavy atom. The molecule has 7 heteroatoms. The van der Waals surface area contributed by atoms with E-state index < -0.39 is 15.8 Å². The van der Waals surface area contributed by atoms with Gasteiger partial charge in [0.05, 0.1) is 17.2 Å². The minimum absolute atomic E-state index is 0.0824. The Labute approximate surface area is 119 Å². The first-order valence-electron chi connectivity index (χ1n) is 6.45. The summed E-state index contributed by atoms with van der Waals surface area (Å²) in [5, 5.41) is 0. The molecule has 0 amide bonds. The van der Waals surface area contributed by atoms with Crippen LogP contribution in [0.15, 0.2) is 23.1 Å². The molecule has 1 aromatic rings. The highest BCUT2D eigenvalue weighted by Gasteiger charge is 2.15. The quantitative estimate of drug-likeness (QED) is 0.566. The maximum absolute atomic E-state index is 13.2. The first-order chi connectivity index (χ1) is 9.33. The lowest BCUT2D eigenvalue weighted by atomic mass is 10.1. The van der Waals surface area contributed by atoms with Gasteiger partial charge in [-0.15, -0.1) is 0 Å². The minimum atomic E-state index is -3.73. The zero-order valence-electron chi connectivity index (χ0n) is 11.7. The van der Waals surface area contributed by atoms with Crippen LogP contribution in [0.25, 0.3) is 0 Å². The van der Waals surface area contributed by atoms with Crippen molar-refractivity contribution in [2.45, 2.75) is 25.2 Å². The van der Waals surface area contributed by atoms with Gasteiger partial charge in [0.1, 0.15) is 5.82 Å².